The van der Waals surface area contributed by atoms with Crippen LogP contribution in [0.2, 0.25) is 5.02 Å². The van der Waals surface area contributed by atoms with Crippen LogP contribution in [0, 0.1) is 0 Å². The van der Waals surface area contributed by atoms with Crippen LogP contribution in [0.25, 0.3) is 11.3 Å². The maximum absolute atomic E-state index is 6.11. The molecule has 84 valence electrons. The minimum Gasteiger partial charge on any atom is -0.383 e. The summed E-state index contributed by atoms with van der Waals surface area (Å²) in [5, 5.41) is 0.670. The van der Waals surface area contributed by atoms with Crippen LogP contribution in [0.15, 0.2) is 30.6 Å². The first-order chi connectivity index (χ1) is 7.61. The van der Waals surface area contributed by atoms with Gasteiger partial charge in [0.25, 0.3) is 0 Å². The van der Waals surface area contributed by atoms with Gasteiger partial charge >= 0.3 is 0 Å². The van der Waals surface area contributed by atoms with E-state index in [4.69, 9.17) is 17.3 Å². The minimum absolute atomic E-state index is 0.295. The van der Waals surface area contributed by atoms with Crippen molar-refractivity contribution >= 4 is 17.4 Å². The van der Waals surface area contributed by atoms with E-state index in [0.717, 1.165) is 11.3 Å². The number of rotatable bonds is 2. The van der Waals surface area contributed by atoms with Gasteiger partial charge in [-0.15, -0.1) is 0 Å². The summed E-state index contributed by atoms with van der Waals surface area (Å²) in [6, 6.07) is 7.87. The van der Waals surface area contributed by atoms with Crippen molar-refractivity contribution in [2.45, 2.75) is 19.9 Å². The van der Waals surface area contributed by atoms with Crippen LogP contribution < -0.4 is 5.73 Å². The zero-order valence-electron chi connectivity index (χ0n) is 9.31. The van der Waals surface area contributed by atoms with E-state index in [1.165, 1.54) is 0 Å². The van der Waals surface area contributed by atoms with Gasteiger partial charge in [-0.2, -0.15) is 0 Å². The van der Waals surface area contributed by atoms with Crippen LogP contribution in [0.1, 0.15) is 19.9 Å². The fraction of sp³-hybridized carbons (Fsp3) is 0.250. The van der Waals surface area contributed by atoms with Crippen molar-refractivity contribution < 1.29 is 0 Å². The molecule has 0 spiro atoms. The van der Waals surface area contributed by atoms with Gasteiger partial charge in [0.2, 0.25) is 0 Å². The average molecular weight is 236 g/mol. The van der Waals surface area contributed by atoms with E-state index in [-0.39, 0.29) is 0 Å². The van der Waals surface area contributed by atoms with Gasteiger partial charge in [0.1, 0.15) is 11.5 Å². The number of anilines is 1. The quantitative estimate of drug-likeness (QED) is 0.868. The summed E-state index contributed by atoms with van der Waals surface area (Å²) in [7, 11) is 0. The molecule has 4 heteroatoms. The van der Waals surface area contributed by atoms with Gasteiger partial charge in [-0.05, 0) is 19.9 Å². The molecular weight excluding hydrogens is 222 g/mol. The molecule has 0 atom stereocenters. The summed E-state index contributed by atoms with van der Waals surface area (Å²) in [4.78, 5) is 4.32. The molecule has 0 saturated carbocycles. The Balaban J connectivity index is 2.54. The van der Waals surface area contributed by atoms with Gasteiger partial charge in [0.15, 0.2) is 0 Å². The molecule has 0 saturated heterocycles. The molecule has 2 aromatic rings. The molecule has 0 bridgehead atoms. The summed E-state index contributed by atoms with van der Waals surface area (Å²) in [5.74, 6) is 0.656. The third kappa shape index (κ3) is 1.78. The van der Waals surface area contributed by atoms with Gasteiger partial charge in [-0.1, -0.05) is 29.8 Å². The Morgan fingerprint density at radius 3 is 2.56 bits per heavy atom. The predicted octanol–water partition coefficient (Wildman–Crippen LogP) is 3.37. The van der Waals surface area contributed by atoms with Crippen LogP contribution in [0.3, 0.4) is 0 Å². The molecule has 0 aliphatic rings. The first kappa shape index (κ1) is 11.0. The molecule has 2 N–H and O–H groups in total. The van der Waals surface area contributed by atoms with Crippen molar-refractivity contribution in [2.24, 2.45) is 0 Å². The second-order valence-electron chi connectivity index (χ2n) is 3.96. The lowest BCUT2D eigenvalue weighted by Crippen LogP contribution is -2.04. The van der Waals surface area contributed by atoms with Crippen LogP contribution in [0.4, 0.5) is 5.82 Å². The Kier molecular flexibility index (Phi) is 2.88. The highest BCUT2D eigenvalue weighted by Crippen LogP contribution is 2.31. The van der Waals surface area contributed by atoms with Crippen LogP contribution in [-0.4, -0.2) is 9.55 Å². The van der Waals surface area contributed by atoms with E-state index in [2.05, 4.69) is 18.8 Å². The average Bonchev–Trinajstić information content (AvgIpc) is 2.61. The third-order valence-electron chi connectivity index (χ3n) is 2.52. The molecule has 0 fully saturated rings. The fourth-order valence-electron chi connectivity index (χ4n) is 1.64. The fourth-order valence-corrected chi connectivity index (χ4v) is 1.87. The summed E-state index contributed by atoms with van der Waals surface area (Å²) >= 11 is 6.11. The van der Waals surface area contributed by atoms with Crippen molar-refractivity contribution in [3.05, 3.63) is 35.6 Å². The summed E-state index contributed by atoms with van der Waals surface area (Å²) < 4.78 is 1.93. The number of hydrogen-bond acceptors (Lipinski definition) is 2. The molecule has 16 heavy (non-hydrogen) atoms. The Hall–Kier alpha value is -1.48. The van der Waals surface area contributed by atoms with Crippen molar-refractivity contribution in [2.75, 3.05) is 5.73 Å². The van der Waals surface area contributed by atoms with Gasteiger partial charge in [0.05, 0.1) is 11.3 Å². The summed E-state index contributed by atoms with van der Waals surface area (Å²) in [6.07, 6.45) is 1.75. The highest BCUT2D eigenvalue weighted by Gasteiger charge is 2.13. The molecule has 1 aromatic heterocycles. The number of halogens is 1. The molecule has 0 aliphatic carbocycles. The molecule has 2 rings (SSSR count). The van der Waals surface area contributed by atoms with Crippen molar-refractivity contribution in [1.29, 1.82) is 0 Å². The normalized spacial score (nSPS) is 11.0. The molecule has 1 heterocycles. The van der Waals surface area contributed by atoms with Gasteiger partial charge < -0.3 is 10.3 Å². The number of hydrogen-bond donors (Lipinski definition) is 1. The standard InChI is InChI=1S/C12H14ClN3/c1-8(2)16-7-15-11(12(16)14)9-5-3-4-6-10(9)13/h3-8H,14H2,1-2H3. The smallest absolute Gasteiger partial charge is 0.131 e. The second-order valence-corrected chi connectivity index (χ2v) is 4.37. The molecule has 1 aromatic carbocycles. The molecule has 3 nitrogen and oxygen atoms in total. The SMILES string of the molecule is CC(C)n1cnc(-c2ccccc2Cl)c1N. The summed E-state index contributed by atoms with van der Waals surface area (Å²) in [5.41, 5.74) is 7.67. The van der Waals surface area contributed by atoms with Crippen molar-refractivity contribution in [3.63, 3.8) is 0 Å². The highest BCUT2D eigenvalue weighted by atomic mass is 35.5. The first-order valence-corrected chi connectivity index (χ1v) is 5.56. The lowest BCUT2D eigenvalue weighted by atomic mass is 10.1. The lowest BCUT2D eigenvalue weighted by Gasteiger charge is -2.09. The van der Waals surface area contributed by atoms with Crippen LogP contribution in [-0.2, 0) is 0 Å². The molecular formula is C12H14ClN3. The Morgan fingerprint density at radius 1 is 1.31 bits per heavy atom. The van der Waals surface area contributed by atoms with Crippen molar-refractivity contribution in [3.8, 4) is 11.3 Å². The molecule has 0 unspecified atom stereocenters. The predicted molar refractivity (Wildman–Crippen MR) is 67.5 cm³/mol. The van der Waals surface area contributed by atoms with Crippen LogP contribution >= 0.6 is 11.6 Å². The lowest BCUT2D eigenvalue weighted by molar-refractivity contribution is 0.607. The Bertz CT molecular complexity index is 503. The highest BCUT2D eigenvalue weighted by molar-refractivity contribution is 6.33. The van der Waals surface area contributed by atoms with E-state index >= 15 is 0 Å². The number of nitrogens with zero attached hydrogens (tertiary/aromatic N) is 2. The van der Waals surface area contributed by atoms with E-state index in [9.17, 15) is 0 Å². The number of nitrogens with two attached hydrogens (primary N) is 1. The number of benzene rings is 1. The maximum atomic E-state index is 6.11. The number of nitrogen functional groups attached to an aromatic ring is 1. The number of aromatic nitrogens is 2. The monoisotopic (exact) mass is 235 g/mol. The molecule has 0 aliphatic heterocycles. The second kappa shape index (κ2) is 4.18. The minimum atomic E-state index is 0.295. The third-order valence-corrected chi connectivity index (χ3v) is 2.85. The van der Waals surface area contributed by atoms with Gasteiger partial charge in [-0.25, -0.2) is 4.98 Å². The van der Waals surface area contributed by atoms with Crippen LogP contribution in [0.5, 0.6) is 0 Å². The Labute approximate surface area is 99.9 Å². The molecule has 0 amide bonds. The topological polar surface area (TPSA) is 43.8 Å². The van der Waals surface area contributed by atoms with E-state index in [1.54, 1.807) is 6.33 Å². The zero-order valence-corrected chi connectivity index (χ0v) is 10.1. The Morgan fingerprint density at radius 2 is 2.00 bits per heavy atom. The van der Waals surface area contributed by atoms with E-state index in [1.807, 2.05) is 28.8 Å². The summed E-state index contributed by atoms with van der Waals surface area (Å²) in [6.45, 7) is 4.13. The van der Waals surface area contributed by atoms with E-state index in [0.29, 0.717) is 16.9 Å². The first-order valence-electron chi connectivity index (χ1n) is 5.18. The number of imidazole rings is 1. The van der Waals surface area contributed by atoms with Gasteiger partial charge in [-0.3, -0.25) is 0 Å². The molecule has 0 radical (unpaired) electrons. The zero-order chi connectivity index (χ0) is 11.7. The van der Waals surface area contributed by atoms with Crippen molar-refractivity contribution in [1.82, 2.24) is 9.55 Å². The van der Waals surface area contributed by atoms with E-state index < -0.39 is 0 Å². The van der Waals surface area contributed by atoms with Gasteiger partial charge in [0, 0.05) is 11.6 Å². The maximum Gasteiger partial charge on any atom is 0.131 e. The largest absolute Gasteiger partial charge is 0.383 e.